The quantitative estimate of drug-likeness (QED) is 0.852. The van der Waals surface area contributed by atoms with Crippen LogP contribution in [0.3, 0.4) is 0 Å². The summed E-state index contributed by atoms with van der Waals surface area (Å²) in [7, 11) is 0. The standard InChI is InChI=1S/C12H19IN4/c1-3-9-10(13)11(14-4-2)16-12(15-9)17-7-5-6-8-17/h3-8H2,1-2H3,(H,14,15,16). The van der Waals surface area contributed by atoms with Gasteiger partial charge in [0.25, 0.3) is 0 Å². The van der Waals surface area contributed by atoms with E-state index in [2.05, 4.69) is 56.6 Å². The normalized spacial score (nSPS) is 15.4. The SMILES string of the molecule is CCNc1nc(N2CCCC2)nc(CC)c1I. The van der Waals surface area contributed by atoms with Gasteiger partial charge in [0.2, 0.25) is 5.95 Å². The molecule has 0 saturated carbocycles. The van der Waals surface area contributed by atoms with Crippen LogP contribution in [0, 0.1) is 3.57 Å². The van der Waals surface area contributed by atoms with Gasteiger partial charge >= 0.3 is 0 Å². The molecule has 1 saturated heterocycles. The van der Waals surface area contributed by atoms with Crippen LogP contribution in [0.4, 0.5) is 11.8 Å². The van der Waals surface area contributed by atoms with Crippen LogP contribution >= 0.6 is 22.6 Å². The molecule has 4 nitrogen and oxygen atoms in total. The van der Waals surface area contributed by atoms with E-state index in [4.69, 9.17) is 0 Å². The number of nitrogens with zero attached hydrogens (tertiary/aromatic N) is 3. The van der Waals surface area contributed by atoms with Gasteiger partial charge in [-0.05, 0) is 48.8 Å². The lowest BCUT2D eigenvalue weighted by molar-refractivity contribution is 0.868. The summed E-state index contributed by atoms with van der Waals surface area (Å²) in [6, 6.07) is 0. The van der Waals surface area contributed by atoms with Gasteiger partial charge < -0.3 is 10.2 Å². The van der Waals surface area contributed by atoms with Gasteiger partial charge in [-0.25, -0.2) is 4.98 Å². The van der Waals surface area contributed by atoms with Gasteiger partial charge in [0.1, 0.15) is 5.82 Å². The first-order chi connectivity index (χ1) is 8.26. The van der Waals surface area contributed by atoms with Crippen LogP contribution < -0.4 is 10.2 Å². The Balaban J connectivity index is 2.35. The van der Waals surface area contributed by atoms with Crippen molar-refractivity contribution in [3.8, 4) is 0 Å². The molecule has 0 radical (unpaired) electrons. The maximum Gasteiger partial charge on any atom is 0.227 e. The molecule has 0 aromatic carbocycles. The average Bonchev–Trinajstić information content (AvgIpc) is 2.85. The van der Waals surface area contributed by atoms with E-state index >= 15 is 0 Å². The van der Waals surface area contributed by atoms with Gasteiger partial charge in [-0.1, -0.05) is 6.92 Å². The van der Waals surface area contributed by atoms with Gasteiger partial charge in [0.15, 0.2) is 0 Å². The first kappa shape index (κ1) is 12.9. The number of hydrogen-bond acceptors (Lipinski definition) is 4. The van der Waals surface area contributed by atoms with E-state index in [9.17, 15) is 0 Å². The molecule has 0 bridgehead atoms. The van der Waals surface area contributed by atoms with Crippen LogP contribution in [-0.2, 0) is 6.42 Å². The predicted molar refractivity (Wildman–Crippen MR) is 79.7 cm³/mol. The largest absolute Gasteiger partial charge is 0.369 e. The highest BCUT2D eigenvalue weighted by molar-refractivity contribution is 14.1. The van der Waals surface area contributed by atoms with Crippen molar-refractivity contribution in [3.05, 3.63) is 9.26 Å². The maximum atomic E-state index is 4.68. The van der Waals surface area contributed by atoms with Gasteiger partial charge in [-0.3, -0.25) is 0 Å². The van der Waals surface area contributed by atoms with Crippen molar-refractivity contribution in [1.82, 2.24) is 9.97 Å². The molecule has 2 rings (SSSR count). The van der Waals surface area contributed by atoms with E-state index in [0.717, 1.165) is 47.1 Å². The van der Waals surface area contributed by atoms with E-state index in [1.807, 2.05) is 0 Å². The molecule has 1 aromatic heterocycles. The Kier molecular flexibility index (Phi) is 4.42. The number of anilines is 2. The zero-order chi connectivity index (χ0) is 12.3. The van der Waals surface area contributed by atoms with Crippen LogP contribution in [0.1, 0.15) is 32.4 Å². The molecule has 1 aliphatic rings. The molecule has 0 aliphatic carbocycles. The van der Waals surface area contributed by atoms with Crippen LogP contribution in [0.25, 0.3) is 0 Å². The molecule has 1 fully saturated rings. The molecule has 0 spiro atoms. The summed E-state index contributed by atoms with van der Waals surface area (Å²) in [6.45, 7) is 7.33. The Morgan fingerprint density at radius 3 is 2.53 bits per heavy atom. The minimum atomic E-state index is 0.898. The smallest absolute Gasteiger partial charge is 0.227 e. The van der Waals surface area contributed by atoms with Gasteiger partial charge in [0, 0.05) is 19.6 Å². The minimum Gasteiger partial charge on any atom is -0.369 e. The minimum absolute atomic E-state index is 0.898. The fourth-order valence-corrected chi connectivity index (χ4v) is 2.87. The van der Waals surface area contributed by atoms with Crippen molar-refractivity contribution >= 4 is 34.4 Å². The Hall–Kier alpha value is -0.590. The summed E-state index contributed by atoms with van der Waals surface area (Å²) in [4.78, 5) is 11.6. The van der Waals surface area contributed by atoms with Crippen molar-refractivity contribution in [2.75, 3.05) is 29.9 Å². The molecule has 1 aromatic rings. The van der Waals surface area contributed by atoms with Crippen molar-refractivity contribution in [1.29, 1.82) is 0 Å². The first-order valence-corrected chi connectivity index (χ1v) is 7.39. The second-order valence-electron chi connectivity index (χ2n) is 4.21. The number of nitrogens with one attached hydrogen (secondary N) is 1. The molecule has 1 N–H and O–H groups in total. The van der Waals surface area contributed by atoms with E-state index in [0.29, 0.717) is 0 Å². The average molecular weight is 346 g/mol. The molecule has 5 heteroatoms. The van der Waals surface area contributed by atoms with Crippen molar-refractivity contribution < 1.29 is 0 Å². The molecule has 0 atom stereocenters. The first-order valence-electron chi connectivity index (χ1n) is 6.31. The van der Waals surface area contributed by atoms with Crippen LogP contribution in [-0.4, -0.2) is 29.6 Å². The lowest BCUT2D eigenvalue weighted by Crippen LogP contribution is -2.22. The van der Waals surface area contributed by atoms with E-state index in [1.165, 1.54) is 12.8 Å². The number of hydrogen-bond donors (Lipinski definition) is 1. The Morgan fingerprint density at radius 1 is 1.24 bits per heavy atom. The lowest BCUT2D eigenvalue weighted by atomic mass is 10.3. The molecular weight excluding hydrogens is 327 g/mol. The van der Waals surface area contributed by atoms with Gasteiger partial charge in [-0.15, -0.1) is 0 Å². The summed E-state index contributed by atoms with van der Waals surface area (Å²) in [6.07, 6.45) is 3.47. The fraction of sp³-hybridized carbons (Fsp3) is 0.667. The molecule has 0 amide bonds. The number of aryl methyl sites for hydroxylation is 1. The maximum absolute atomic E-state index is 4.68. The fourth-order valence-electron chi connectivity index (χ4n) is 2.06. The van der Waals surface area contributed by atoms with Crippen LogP contribution in [0.5, 0.6) is 0 Å². The Morgan fingerprint density at radius 2 is 1.94 bits per heavy atom. The van der Waals surface area contributed by atoms with Crippen molar-refractivity contribution in [2.24, 2.45) is 0 Å². The summed E-state index contributed by atoms with van der Waals surface area (Å²) in [5.41, 5.74) is 1.15. The predicted octanol–water partition coefficient (Wildman–Crippen LogP) is 2.68. The molecule has 17 heavy (non-hydrogen) atoms. The third-order valence-electron chi connectivity index (χ3n) is 2.98. The van der Waals surface area contributed by atoms with Gasteiger partial charge in [0.05, 0.1) is 9.26 Å². The molecular formula is C12H19IN4. The Labute approximate surface area is 116 Å². The number of halogens is 1. The second kappa shape index (κ2) is 5.84. The summed E-state index contributed by atoms with van der Waals surface area (Å²) >= 11 is 2.34. The highest BCUT2D eigenvalue weighted by Gasteiger charge is 2.18. The lowest BCUT2D eigenvalue weighted by Gasteiger charge is -2.18. The van der Waals surface area contributed by atoms with Crippen molar-refractivity contribution in [3.63, 3.8) is 0 Å². The Bertz CT molecular complexity index is 388. The topological polar surface area (TPSA) is 41.1 Å². The summed E-state index contributed by atoms with van der Waals surface area (Å²) < 4.78 is 1.16. The molecule has 94 valence electrons. The molecule has 1 aliphatic heterocycles. The molecule has 2 heterocycles. The van der Waals surface area contributed by atoms with E-state index in [1.54, 1.807) is 0 Å². The summed E-state index contributed by atoms with van der Waals surface area (Å²) in [5.74, 6) is 1.89. The second-order valence-corrected chi connectivity index (χ2v) is 5.29. The number of aromatic nitrogens is 2. The van der Waals surface area contributed by atoms with E-state index in [-0.39, 0.29) is 0 Å². The molecule has 0 unspecified atom stereocenters. The third kappa shape index (κ3) is 2.81. The zero-order valence-electron chi connectivity index (χ0n) is 10.5. The number of rotatable bonds is 4. The highest BCUT2D eigenvalue weighted by Crippen LogP contribution is 2.24. The van der Waals surface area contributed by atoms with Crippen LogP contribution in [0.15, 0.2) is 0 Å². The monoisotopic (exact) mass is 346 g/mol. The van der Waals surface area contributed by atoms with Crippen LogP contribution in [0.2, 0.25) is 0 Å². The third-order valence-corrected chi connectivity index (χ3v) is 4.11. The zero-order valence-corrected chi connectivity index (χ0v) is 12.6. The van der Waals surface area contributed by atoms with Crippen molar-refractivity contribution in [2.45, 2.75) is 33.1 Å². The summed E-state index contributed by atoms with van der Waals surface area (Å²) in [5, 5.41) is 3.33. The van der Waals surface area contributed by atoms with E-state index < -0.39 is 0 Å². The van der Waals surface area contributed by atoms with Gasteiger partial charge in [-0.2, -0.15) is 4.98 Å². The highest BCUT2D eigenvalue weighted by atomic mass is 127.